The van der Waals surface area contributed by atoms with Crippen LogP contribution in [0.3, 0.4) is 0 Å². The van der Waals surface area contributed by atoms with Crippen LogP contribution in [0.4, 0.5) is 4.79 Å². The quantitative estimate of drug-likeness (QED) is 0.537. The van der Waals surface area contributed by atoms with Crippen LogP contribution >= 0.6 is 0 Å². The van der Waals surface area contributed by atoms with Crippen molar-refractivity contribution in [2.75, 3.05) is 40.4 Å². The van der Waals surface area contributed by atoms with Crippen molar-refractivity contribution in [3.63, 3.8) is 0 Å². The van der Waals surface area contributed by atoms with E-state index in [1.807, 2.05) is 27.7 Å². The van der Waals surface area contributed by atoms with Crippen LogP contribution in [0.5, 0.6) is 0 Å². The zero-order chi connectivity index (χ0) is 14.9. The molecule has 0 saturated heterocycles. The van der Waals surface area contributed by atoms with Gasteiger partial charge in [-0.05, 0) is 27.7 Å². The smallest absolute Gasteiger partial charge is 0.410 e. The number of amides is 1. The third-order valence-electron chi connectivity index (χ3n) is 2.43. The molecule has 0 spiro atoms. The van der Waals surface area contributed by atoms with Crippen LogP contribution in [0.25, 0.3) is 0 Å². The minimum absolute atomic E-state index is 0.267. The molecule has 0 aliphatic rings. The van der Waals surface area contributed by atoms with Crippen LogP contribution in [-0.4, -0.2) is 63.3 Å². The first-order chi connectivity index (χ1) is 8.84. The van der Waals surface area contributed by atoms with Crippen molar-refractivity contribution in [3.05, 3.63) is 0 Å². The molecule has 0 aromatic rings. The maximum atomic E-state index is 11.9. The van der Waals surface area contributed by atoms with Crippen LogP contribution in [0.1, 0.15) is 27.7 Å². The lowest BCUT2D eigenvalue weighted by Gasteiger charge is -2.26. The fourth-order valence-corrected chi connectivity index (χ4v) is 1.40. The average Bonchev–Trinajstić information content (AvgIpc) is 2.31. The van der Waals surface area contributed by atoms with Crippen molar-refractivity contribution in [1.82, 2.24) is 10.2 Å². The largest absolute Gasteiger partial charge is 0.444 e. The highest BCUT2D eigenvalue weighted by atomic mass is 16.7. The van der Waals surface area contributed by atoms with E-state index < -0.39 is 5.60 Å². The summed E-state index contributed by atoms with van der Waals surface area (Å²) in [6.45, 7) is 9.96. The van der Waals surface area contributed by atoms with Crippen molar-refractivity contribution in [2.24, 2.45) is 0 Å². The molecule has 0 atom stereocenters. The molecule has 0 rings (SSSR count). The molecule has 0 aromatic carbocycles. The third kappa shape index (κ3) is 8.80. The lowest BCUT2D eigenvalue weighted by atomic mass is 10.2. The summed E-state index contributed by atoms with van der Waals surface area (Å²) in [5.74, 6) is 0. The minimum atomic E-state index is -0.463. The van der Waals surface area contributed by atoms with Gasteiger partial charge in [0.05, 0.1) is 0 Å². The molecule has 0 bridgehead atoms. The molecular formula is C13H28N2O4. The Morgan fingerprint density at radius 3 is 2.26 bits per heavy atom. The van der Waals surface area contributed by atoms with Gasteiger partial charge in [-0.1, -0.05) is 0 Å². The Kier molecular flexibility index (Phi) is 8.71. The van der Waals surface area contributed by atoms with E-state index in [1.54, 1.807) is 19.1 Å². The molecule has 0 heterocycles. The van der Waals surface area contributed by atoms with E-state index in [-0.39, 0.29) is 12.4 Å². The maximum Gasteiger partial charge on any atom is 0.410 e. The van der Waals surface area contributed by atoms with E-state index in [1.165, 1.54) is 0 Å². The molecule has 0 radical (unpaired) electrons. The van der Waals surface area contributed by atoms with E-state index in [9.17, 15) is 4.79 Å². The summed E-state index contributed by atoms with van der Waals surface area (Å²) in [7, 11) is 3.18. The molecule has 0 unspecified atom stereocenters. The molecule has 114 valence electrons. The van der Waals surface area contributed by atoms with Crippen molar-refractivity contribution < 1.29 is 19.0 Å². The predicted octanol–water partition coefficient (Wildman–Crippen LogP) is 1.45. The van der Waals surface area contributed by atoms with Crippen LogP contribution in [0.15, 0.2) is 0 Å². The van der Waals surface area contributed by atoms with Crippen LogP contribution in [-0.2, 0) is 14.2 Å². The second-order valence-electron chi connectivity index (χ2n) is 5.17. The molecule has 6 nitrogen and oxygen atoms in total. The first-order valence-electron chi connectivity index (χ1n) is 6.58. The van der Waals surface area contributed by atoms with E-state index >= 15 is 0 Å². The van der Waals surface area contributed by atoms with Gasteiger partial charge in [-0.2, -0.15) is 0 Å². The summed E-state index contributed by atoms with van der Waals surface area (Å²) in [4.78, 5) is 13.5. The van der Waals surface area contributed by atoms with Gasteiger partial charge < -0.3 is 24.4 Å². The number of nitrogens with one attached hydrogen (secondary N) is 1. The minimum Gasteiger partial charge on any atom is -0.444 e. The Hall–Kier alpha value is -0.850. The number of nitrogens with zero attached hydrogens (tertiary/aromatic N) is 1. The highest BCUT2D eigenvalue weighted by molar-refractivity contribution is 5.68. The maximum absolute atomic E-state index is 11.9. The second kappa shape index (κ2) is 9.12. The van der Waals surface area contributed by atoms with E-state index in [2.05, 4.69) is 5.32 Å². The number of carbonyl (C=O) groups excluding carboxylic acids is 1. The number of ether oxygens (including phenoxy) is 3. The van der Waals surface area contributed by atoms with Crippen molar-refractivity contribution in [3.8, 4) is 0 Å². The fourth-order valence-electron chi connectivity index (χ4n) is 1.40. The number of rotatable bonds is 8. The highest BCUT2D eigenvalue weighted by Gasteiger charge is 2.20. The molecule has 1 N–H and O–H groups in total. The van der Waals surface area contributed by atoms with Gasteiger partial charge in [-0.25, -0.2) is 4.79 Å². The Morgan fingerprint density at radius 2 is 1.84 bits per heavy atom. The SMILES string of the molecule is CCN(CCNCC(OC)OC)C(=O)OC(C)(C)C. The Bertz CT molecular complexity index is 250. The van der Waals surface area contributed by atoms with E-state index in [0.717, 1.165) is 0 Å². The third-order valence-corrected chi connectivity index (χ3v) is 2.43. The van der Waals surface area contributed by atoms with Gasteiger partial charge in [0.25, 0.3) is 0 Å². The Labute approximate surface area is 116 Å². The summed E-state index contributed by atoms with van der Waals surface area (Å²) >= 11 is 0. The predicted molar refractivity (Wildman–Crippen MR) is 74.2 cm³/mol. The number of hydrogen-bond donors (Lipinski definition) is 1. The van der Waals surface area contributed by atoms with Crippen molar-refractivity contribution in [1.29, 1.82) is 0 Å². The molecule has 0 fully saturated rings. The second-order valence-corrected chi connectivity index (χ2v) is 5.17. The van der Waals surface area contributed by atoms with Gasteiger partial charge >= 0.3 is 6.09 Å². The molecule has 0 aliphatic heterocycles. The van der Waals surface area contributed by atoms with Crippen molar-refractivity contribution >= 4 is 6.09 Å². The van der Waals surface area contributed by atoms with Crippen LogP contribution in [0, 0.1) is 0 Å². The standard InChI is InChI=1S/C13H28N2O4/c1-7-15(12(16)19-13(2,3)4)9-8-14-10-11(17-5)18-6/h11,14H,7-10H2,1-6H3. The number of hydrogen-bond acceptors (Lipinski definition) is 5. The van der Waals surface area contributed by atoms with Crippen LogP contribution < -0.4 is 5.32 Å². The Balaban J connectivity index is 3.97. The summed E-state index contributed by atoms with van der Waals surface area (Å²) in [6, 6.07) is 0. The fraction of sp³-hybridized carbons (Fsp3) is 0.923. The first-order valence-corrected chi connectivity index (χ1v) is 6.58. The number of likely N-dealkylation sites (N-methyl/N-ethyl adjacent to an activating group) is 1. The van der Waals surface area contributed by atoms with E-state index in [0.29, 0.717) is 26.2 Å². The zero-order valence-corrected chi connectivity index (χ0v) is 13.0. The molecule has 0 aromatic heterocycles. The summed E-state index contributed by atoms with van der Waals surface area (Å²) in [6.07, 6.45) is -0.552. The summed E-state index contributed by atoms with van der Waals surface area (Å²) in [5, 5.41) is 3.17. The van der Waals surface area contributed by atoms with Gasteiger partial charge in [-0.15, -0.1) is 0 Å². The monoisotopic (exact) mass is 276 g/mol. The zero-order valence-electron chi connectivity index (χ0n) is 13.0. The summed E-state index contributed by atoms with van der Waals surface area (Å²) in [5.41, 5.74) is -0.463. The van der Waals surface area contributed by atoms with E-state index in [4.69, 9.17) is 14.2 Å². The van der Waals surface area contributed by atoms with Gasteiger partial charge in [0.15, 0.2) is 6.29 Å². The van der Waals surface area contributed by atoms with Gasteiger partial charge in [0.2, 0.25) is 0 Å². The van der Waals surface area contributed by atoms with Crippen LogP contribution in [0.2, 0.25) is 0 Å². The lowest BCUT2D eigenvalue weighted by molar-refractivity contribution is -0.0987. The van der Waals surface area contributed by atoms with Crippen molar-refractivity contribution in [2.45, 2.75) is 39.6 Å². The van der Waals surface area contributed by atoms with Gasteiger partial charge in [-0.3, -0.25) is 0 Å². The molecule has 1 amide bonds. The topological polar surface area (TPSA) is 60.0 Å². The summed E-state index contributed by atoms with van der Waals surface area (Å²) < 4.78 is 15.4. The van der Waals surface area contributed by atoms with Gasteiger partial charge in [0, 0.05) is 40.4 Å². The molecule has 0 aliphatic carbocycles. The number of methoxy groups -OCH3 is 2. The Morgan fingerprint density at radius 1 is 1.26 bits per heavy atom. The molecule has 0 saturated carbocycles. The highest BCUT2D eigenvalue weighted by Crippen LogP contribution is 2.09. The molecule has 6 heteroatoms. The normalized spacial score (nSPS) is 11.7. The number of carbonyl (C=O) groups is 1. The average molecular weight is 276 g/mol. The van der Waals surface area contributed by atoms with Gasteiger partial charge in [0.1, 0.15) is 5.60 Å². The first kappa shape index (κ1) is 18.1. The lowest BCUT2D eigenvalue weighted by Crippen LogP contribution is -2.41. The molecule has 19 heavy (non-hydrogen) atoms. The molecular weight excluding hydrogens is 248 g/mol.